The Morgan fingerprint density at radius 1 is 1.30 bits per heavy atom. The smallest absolute Gasteiger partial charge is 0.264 e. The number of nitrogens with one attached hydrogen (secondary N) is 1. The minimum absolute atomic E-state index is 0.0146. The fourth-order valence-corrected chi connectivity index (χ4v) is 2.54. The Morgan fingerprint density at radius 2 is 2.05 bits per heavy atom. The van der Waals surface area contributed by atoms with Crippen LogP contribution in [0.25, 0.3) is 0 Å². The van der Waals surface area contributed by atoms with Gasteiger partial charge in [-0.2, -0.15) is 0 Å². The van der Waals surface area contributed by atoms with Crippen molar-refractivity contribution in [2.45, 2.75) is 11.8 Å². The fourth-order valence-electron chi connectivity index (χ4n) is 1.47. The monoisotopic (exact) mass is 308 g/mol. The number of nitrogens with two attached hydrogens (primary N) is 1. The van der Waals surface area contributed by atoms with Crippen molar-refractivity contribution in [3.05, 3.63) is 47.9 Å². The number of hydrogen-bond acceptors (Lipinski definition) is 5. The molecular formula is C12H12N4O2S2. The van der Waals surface area contributed by atoms with E-state index in [4.69, 9.17) is 18.0 Å². The van der Waals surface area contributed by atoms with Crippen molar-refractivity contribution in [3.8, 4) is 0 Å². The first-order valence-electron chi connectivity index (χ1n) is 5.60. The van der Waals surface area contributed by atoms with Crippen LogP contribution in [0.3, 0.4) is 0 Å². The van der Waals surface area contributed by atoms with E-state index in [9.17, 15) is 8.42 Å². The van der Waals surface area contributed by atoms with Gasteiger partial charge in [-0.25, -0.2) is 13.4 Å². The zero-order valence-electron chi connectivity index (χ0n) is 10.6. The Balaban J connectivity index is 2.28. The Hall–Kier alpha value is -2.06. The SMILES string of the molecule is Cc1ccnc(NS(=O)(=O)c2ccc(C(N)=S)nc2)c1. The highest BCUT2D eigenvalue weighted by Gasteiger charge is 2.15. The van der Waals surface area contributed by atoms with Crippen LogP contribution in [-0.4, -0.2) is 23.4 Å². The summed E-state index contributed by atoms with van der Waals surface area (Å²) < 4.78 is 26.7. The van der Waals surface area contributed by atoms with Gasteiger partial charge in [0.15, 0.2) is 0 Å². The van der Waals surface area contributed by atoms with Gasteiger partial charge in [0.1, 0.15) is 15.7 Å². The summed E-state index contributed by atoms with van der Waals surface area (Å²) in [5.74, 6) is 0.253. The van der Waals surface area contributed by atoms with Gasteiger partial charge in [0, 0.05) is 12.4 Å². The van der Waals surface area contributed by atoms with Crippen LogP contribution in [0.5, 0.6) is 0 Å². The Labute approximate surface area is 122 Å². The summed E-state index contributed by atoms with van der Waals surface area (Å²) in [5, 5.41) is 0. The van der Waals surface area contributed by atoms with E-state index in [1.54, 1.807) is 12.1 Å². The van der Waals surface area contributed by atoms with Crippen LogP contribution in [-0.2, 0) is 10.0 Å². The molecule has 0 unspecified atom stereocenters. The average molecular weight is 308 g/mol. The third kappa shape index (κ3) is 3.28. The molecule has 0 amide bonds. The molecule has 0 fully saturated rings. The topological polar surface area (TPSA) is 98.0 Å². The molecule has 0 saturated carbocycles. The maximum absolute atomic E-state index is 12.1. The summed E-state index contributed by atoms with van der Waals surface area (Å²) in [5.41, 5.74) is 6.68. The van der Waals surface area contributed by atoms with Gasteiger partial charge in [-0.1, -0.05) is 12.2 Å². The third-order valence-corrected chi connectivity index (χ3v) is 4.00. The van der Waals surface area contributed by atoms with E-state index in [0.717, 1.165) is 5.56 Å². The van der Waals surface area contributed by atoms with Crippen molar-refractivity contribution < 1.29 is 8.42 Å². The molecule has 0 saturated heterocycles. The van der Waals surface area contributed by atoms with Crippen molar-refractivity contribution in [1.82, 2.24) is 9.97 Å². The molecule has 3 N–H and O–H groups in total. The number of aromatic nitrogens is 2. The molecule has 0 bridgehead atoms. The molecule has 0 aliphatic heterocycles. The Bertz CT molecular complexity index is 742. The quantitative estimate of drug-likeness (QED) is 0.824. The highest BCUT2D eigenvalue weighted by atomic mass is 32.2. The van der Waals surface area contributed by atoms with Crippen LogP contribution in [0.2, 0.25) is 0 Å². The molecule has 0 radical (unpaired) electrons. The summed E-state index contributed by atoms with van der Waals surface area (Å²) in [7, 11) is -3.73. The molecule has 0 aromatic carbocycles. The minimum atomic E-state index is -3.73. The first-order chi connectivity index (χ1) is 9.38. The van der Waals surface area contributed by atoms with E-state index in [0.29, 0.717) is 5.69 Å². The van der Waals surface area contributed by atoms with E-state index in [1.807, 2.05) is 6.92 Å². The number of aryl methyl sites for hydroxylation is 1. The zero-order chi connectivity index (χ0) is 14.8. The van der Waals surface area contributed by atoms with Crippen molar-refractivity contribution >= 4 is 33.0 Å². The zero-order valence-corrected chi connectivity index (χ0v) is 12.2. The molecule has 6 nitrogen and oxygen atoms in total. The number of hydrogen-bond donors (Lipinski definition) is 2. The van der Waals surface area contributed by atoms with Gasteiger partial charge in [0.2, 0.25) is 0 Å². The minimum Gasteiger partial charge on any atom is -0.388 e. The van der Waals surface area contributed by atoms with Gasteiger partial charge in [-0.3, -0.25) is 9.71 Å². The van der Waals surface area contributed by atoms with E-state index in [1.165, 1.54) is 24.5 Å². The van der Waals surface area contributed by atoms with Gasteiger partial charge in [-0.05, 0) is 36.8 Å². The lowest BCUT2D eigenvalue weighted by molar-refractivity contribution is 0.600. The second kappa shape index (κ2) is 5.51. The lowest BCUT2D eigenvalue weighted by Gasteiger charge is -2.07. The highest BCUT2D eigenvalue weighted by Crippen LogP contribution is 2.14. The van der Waals surface area contributed by atoms with Crippen molar-refractivity contribution in [2.24, 2.45) is 5.73 Å². The number of nitrogens with zero attached hydrogens (tertiary/aromatic N) is 2. The third-order valence-electron chi connectivity index (χ3n) is 2.45. The molecular weight excluding hydrogens is 296 g/mol. The van der Waals surface area contributed by atoms with E-state index < -0.39 is 10.0 Å². The van der Waals surface area contributed by atoms with Crippen LogP contribution >= 0.6 is 12.2 Å². The first kappa shape index (κ1) is 14.4. The largest absolute Gasteiger partial charge is 0.388 e. The predicted octanol–water partition coefficient (Wildman–Crippen LogP) is 1.22. The van der Waals surface area contributed by atoms with E-state index in [-0.39, 0.29) is 15.7 Å². The Morgan fingerprint density at radius 3 is 2.60 bits per heavy atom. The molecule has 0 aliphatic rings. The molecule has 0 aliphatic carbocycles. The molecule has 2 aromatic rings. The van der Waals surface area contributed by atoms with Gasteiger partial charge in [0.25, 0.3) is 10.0 Å². The summed E-state index contributed by atoms with van der Waals surface area (Å²) in [6, 6.07) is 6.25. The van der Waals surface area contributed by atoms with Crippen LogP contribution in [0.15, 0.2) is 41.6 Å². The van der Waals surface area contributed by atoms with Crippen LogP contribution in [0, 0.1) is 6.92 Å². The van der Waals surface area contributed by atoms with Gasteiger partial charge in [0.05, 0.1) is 5.69 Å². The summed E-state index contributed by atoms with van der Waals surface area (Å²) >= 11 is 4.76. The molecule has 20 heavy (non-hydrogen) atoms. The molecule has 8 heteroatoms. The molecule has 2 rings (SSSR count). The average Bonchev–Trinajstić information content (AvgIpc) is 2.38. The maximum atomic E-state index is 12.1. The van der Waals surface area contributed by atoms with Gasteiger partial charge >= 0.3 is 0 Å². The van der Waals surface area contributed by atoms with E-state index >= 15 is 0 Å². The number of pyridine rings is 2. The lowest BCUT2D eigenvalue weighted by Crippen LogP contribution is -2.16. The second-order valence-electron chi connectivity index (χ2n) is 4.07. The normalized spacial score (nSPS) is 11.1. The van der Waals surface area contributed by atoms with Crippen LogP contribution < -0.4 is 10.5 Å². The second-order valence-corrected chi connectivity index (χ2v) is 6.19. The number of anilines is 1. The Kier molecular flexibility index (Phi) is 3.96. The van der Waals surface area contributed by atoms with Crippen LogP contribution in [0.4, 0.5) is 5.82 Å². The first-order valence-corrected chi connectivity index (χ1v) is 7.49. The molecule has 2 aromatic heterocycles. The maximum Gasteiger partial charge on any atom is 0.264 e. The van der Waals surface area contributed by atoms with Crippen LogP contribution in [0.1, 0.15) is 11.3 Å². The summed E-state index contributed by atoms with van der Waals surface area (Å²) in [6.45, 7) is 1.85. The number of sulfonamides is 1. The molecule has 104 valence electrons. The molecule has 0 spiro atoms. The standard InChI is InChI=1S/C12H12N4O2S2/c1-8-4-5-14-11(6-8)16-20(17,18)9-2-3-10(12(13)19)15-7-9/h2-7H,1H3,(H2,13,19)(H,14,16). The van der Waals surface area contributed by atoms with Gasteiger partial charge in [-0.15, -0.1) is 0 Å². The predicted molar refractivity (Wildman–Crippen MR) is 79.9 cm³/mol. The lowest BCUT2D eigenvalue weighted by atomic mass is 10.3. The molecule has 0 atom stereocenters. The van der Waals surface area contributed by atoms with Gasteiger partial charge < -0.3 is 5.73 Å². The number of rotatable bonds is 4. The van der Waals surface area contributed by atoms with Crippen molar-refractivity contribution in [1.29, 1.82) is 0 Å². The fraction of sp³-hybridized carbons (Fsp3) is 0.0833. The number of thiocarbonyl (C=S) groups is 1. The van der Waals surface area contributed by atoms with Crippen molar-refractivity contribution in [3.63, 3.8) is 0 Å². The summed E-state index contributed by atoms with van der Waals surface area (Å²) in [6.07, 6.45) is 2.73. The highest BCUT2D eigenvalue weighted by molar-refractivity contribution is 7.92. The van der Waals surface area contributed by atoms with E-state index in [2.05, 4.69) is 14.7 Å². The molecule has 2 heterocycles. The summed E-state index contributed by atoms with van der Waals surface area (Å²) in [4.78, 5) is 7.97. The van der Waals surface area contributed by atoms with Crippen molar-refractivity contribution in [2.75, 3.05) is 4.72 Å².